The molecule has 0 bridgehead atoms. The quantitative estimate of drug-likeness (QED) is 0.771. The van der Waals surface area contributed by atoms with Gasteiger partial charge in [0.1, 0.15) is 5.82 Å². The van der Waals surface area contributed by atoms with Gasteiger partial charge in [-0.25, -0.2) is 9.97 Å². The standard InChI is InChI=1S/C13H18N4/c1-3-14-8-9-15-13-10(2)16-11-6-4-5-7-12(11)17-13/h4-7,14H,3,8-9H2,1-2H3,(H,15,17). The minimum absolute atomic E-state index is 0.863. The number of benzene rings is 1. The lowest BCUT2D eigenvalue weighted by atomic mass is 10.3. The van der Waals surface area contributed by atoms with Crippen LogP contribution in [0.1, 0.15) is 12.6 Å². The average Bonchev–Trinajstić information content (AvgIpc) is 2.35. The van der Waals surface area contributed by atoms with Gasteiger partial charge in [-0.3, -0.25) is 0 Å². The molecule has 0 atom stereocenters. The fourth-order valence-electron chi connectivity index (χ4n) is 1.70. The van der Waals surface area contributed by atoms with Crippen LogP contribution >= 0.6 is 0 Å². The third kappa shape index (κ3) is 2.91. The van der Waals surface area contributed by atoms with E-state index in [0.29, 0.717) is 0 Å². The Morgan fingerprint density at radius 2 is 1.76 bits per heavy atom. The van der Waals surface area contributed by atoms with E-state index in [1.807, 2.05) is 31.2 Å². The van der Waals surface area contributed by atoms with Gasteiger partial charge in [-0.2, -0.15) is 0 Å². The third-order valence-electron chi connectivity index (χ3n) is 2.59. The van der Waals surface area contributed by atoms with Gasteiger partial charge in [-0.05, 0) is 25.6 Å². The third-order valence-corrected chi connectivity index (χ3v) is 2.59. The maximum absolute atomic E-state index is 4.57. The Balaban J connectivity index is 2.14. The first kappa shape index (κ1) is 11.8. The number of nitrogens with zero attached hydrogens (tertiary/aromatic N) is 2. The summed E-state index contributed by atoms with van der Waals surface area (Å²) in [4.78, 5) is 9.10. The summed E-state index contributed by atoms with van der Waals surface area (Å²) in [5.41, 5.74) is 2.83. The molecule has 2 N–H and O–H groups in total. The van der Waals surface area contributed by atoms with Crippen molar-refractivity contribution in [2.75, 3.05) is 25.0 Å². The summed E-state index contributed by atoms with van der Waals surface area (Å²) in [6.07, 6.45) is 0. The van der Waals surface area contributed by atoms with E-state index in [2.05, 4.69) is 27.5 Å². The zero-order chi connectivity index (χ0) is 12.1. The van der Waals surface area contributed by atoms with Gasteiger partial charge in [0.15, 0.2) is 0 Å². The van der Waals surface area contributed by atoms with E-state index in [1.54, 1.807) is 0 Å². The van der Waals surface area contributed by atoms with Crippen LogP contribution in [0.15, 0.2) is 24.3 Å². The first-order chi connectivity index (χ1) is 8.31. The predicted molar refractivity (Wildman–Crippen MR) is 71.3 cm³/mol. The van der Waals surface area contributed by atoms with Crippen LogP contribution in [0.5, 0.6) is 0 Å². The highest BCUT2D eigenvalue weighted by Gasteiger charge is 2.03. The summed E-state index contributed by atoms with van der Waals surface area (Å²) in [5.74, 6) is 0.876. The van der Waals surface area contributed by atoms with Crippen LogP contribution < -0.4 is 10.6 Å². The highest BCUT2D eigenvalue weighted by Crippen LogP contribution is 2.15. The summed E-state index contributed by atoms with van der Waals surface area (Å²) in [6.45, 7) is 6.87. The molecule has 17 heavy (non-hydrogen) atoms. The van der Waals surface area contributed by atoms with E-state index in [0.717, 1.165) is 42.2 Å². The largest absolute Gasteiger partial charge is 0.367 e. The first-order valence-electron chi connectivity index (χ1n) is 5.99. The highest BCUT2D eigenvalue weighted by molar-refractivity contribution is 5.76. The van der Waals surface area contributed by atoms with Crippen LogP contribution in [0.2, 0.25) is 0 Å². The Morgan fingerprint density at radius 3 is 2.47 bits per heavy atom. The van der Waals surface area contributed by atoms with Crippen LogP contribution in [0.25, 0.3) is 11.0 Å². The molecular formula is C13H18N4. The van der Waals surface area contributed by atoms with Gasteiger partial charge in [0, 0.05) is 13.1 Å². The van der Waals surface area contributed by atoms with Gasteiger partial charge in [0.25, 0.3) is 0 Å². The van der Waals surface area contributed by atoms with Crippen molar-refractivity contribution < 1.29 is 0 Å². The molecule has 1 aromatic heterocycles. The minimum Gasteiger partial charge on any atom is -0.367 e. The van der Waals surface area contributed by atoms with Crippen molar-refractivity contribution in [1.82, 2.24) is 15.3 Å². The molecule has 0 saturated carbocycles. The lowest BCUT2D eigenvalue weighted by molar-refractivity contribution is 0.737. The molecular weight excluding hydrogens is 212 g/mol. The number of likely N-dealkylation sites (N-methyl/N-ethyl adjacent to an activating group) is 1. The van der Waals surface area contributed by atoms with Crippen molar-refractivity contribution >= 4 is 16.9 Å². The van der Waals surface area contributed by atoms with Gasteiger partial charge in [-0.1, -0.05) is 19.1 Å². The predicted octanol–water partition coefficient (Wildman–Crippen LogP) is 1.96. The molecule has 0 aliphatic carbocycles. The molecule has 2 rings (SSSR count). The second-order valence-corrected chi connectivity index (χ2v) is 3.93. The molecule has 4 heteroatoms. The minimum atomic E-state index is 0.863. The Hall–Kier alpha value is -1.68. The smallest absolute Gasteiger partial charge is 0.148 e. The second kappa shape index (κ2) is 5.59. The summed E-state index contributed by atoms with van der Waals surface area (Å²) in [6, 6.07) is 7.93. The fourth-order valence-corrected chi connectivity index (χ4v) is 1.70. The Morgan fingerprint density at radius 1 is 1.06 bits per heavy atom. The van der Waals surface area contributed by atoms with Crippen molar-refractivity contribution in [3.63, 3.8) is 0 Å². The van der Waals surface area contributed by atoms with Crippen LogP contribution in [0, 0.1) is 6.92 Å². The molecule has 0 fully saturated rings. The van der Waals surface area contributed by atoms with E-state index in [-0.39, 0.29) is 0 Å². The normalized spacial score (nSPS) is 10.7. The van der Waals surface area contributed by atoms with E-state index >= 15 is 0 Å². The molecule has 0 aliphatic rings. The number of fused-ring (bicyclic) bond motifs is 1. The maximum atomic E-state index is 4.57. The SMILES string of the molecule is CCNCCNc1nc2ccccc2nc1C. The number of rotatable bonds is 5. The van der Waals surface area contributed by atoms with Gasteiger partial charge in [0.2, 0.25) is 0 Å². The van der Waals surface area contributed by atoms with Crippen LogP contribution in [0.4, 0.5) is 5.82 Å². The topological polar surface area (TPSA) is 49.8 Å². The highest BCUT2D eigenvalue weighted by atomic mass is 15.0. The number of aryl methyl sites for hydroxylation is 1. The summed E-state index contributed by atoms with van der Waals surface area (Å²) >= 11 is 0. The molecule has 0 amide bonds. The monoisotopic (exact) mass is 230 g/mol. The fraction of sp³-hybridized carbons (Fsp3) is 0.385. The lowest BCUT2D eigenvalue weighted by Gasteiger charge is -2.09. The van der Waals surface area contributed by atoms with E-state index in [4.69, 9.17) is 0 Å². The van der Waals surface area contributed by atoms with E-state index in [1.165, 1.54) is 0 Å². The number of aromatic nitrogens is 2. The molecule has 1 aromatic carbocycles. The van der Waals surface area contributed by atoms with Crippen LogP contribution in [-0.4, -0.2) is 29.6 Å². The average molecular weight is 230 g/mol. The Kier molecular flexibility index (Phi) is 3.88. The van der Waals surface area contributed by atoms with E-state index < -0.39 is 0 Å². The second-order valence-electron chi connectivity index (χ2n) is 3.93. The number of hydrogen-bond donors (Lipinski definition) is 2. The molecule has 2 aromatic rings. The summed E-state index contributed by atoms with van der Waals surface area (Å²) in [5, 5.41) is 6.57. The lowest BCUT2D eigenvalue weighted by Crippen LogP contribution is -2.22. The Bertz CT molecular complexity index is 496. The van der Waals surface area contributed by atoms with Crippen molar-refractivity contribution in [3.05, 3.63) is 30.0 Å². The number of hydrogen-bond acceptors (Lipinski definition) is 4. The zero-order valence-corrected chi connectivity index (χ0v) is 10.3. The molecule has 0 saturated heterocycles. The van der Waals surface area contributed by atoms with Crippen LogP contribution in [0.3, 0.4) is 0 Å². The summed E-state index contributed by atoms with van der Waals surface area (Å²) < 4.78 is 0. The number of para-hydroxylation sites is 2. The van der Waals surface area contributed by atoms with Crippen molar-refractivity contribution in [3.8, 4) is 0 Å². The molecule has 90 valence electrons. The number of anilines is 1. The molecule has 4 nitrogen and oxygen atoms in total. The van der Waals surface area contributed by atoms with Gasteiger partial charge < -0.3 is 10.6 Å². The summed E-state index contributed by atoms with van der Waals surface area (Å²) in [7, 11) is 0. The maximum Gasteiger partial charge on any atom is 0.148 e. The molecule has 0 unspecified atom stereocenters. The molecule has 0 radical (unpaired) electrons. The van der Waals surface area contributed by atoms with Gasteiger partial charge >= 0.3 is 0 Å². The van der Waals surface area contributed by atoms with E-state index in [9.17, 15) is 0 Å². The van der Waals surface area contributed by atoms with Crippen molar-refractivity contribution in [2.24, 2.45) is 0 Å². The first-order valence-corrected chi connectivity index (χ1v) is 5.99. The van der Waals surface area contributed by atoms with Gasteiger partial charge in [0.05, 0.1) is 16.7 Å². The van der Waals surface area contributed by atoms with Crippen LogP contribution in [-0.2, 0) is 0 Å². The van der Waals surface area contributed by atoms with Crippen molar-refractivity contribution in [2.45, 2.75) is 13.8 Å². The zero-order valence-electron chi connectivity index (χ0n) is 10.3. The molecule has 0 spiro atoms. The Labute approximate surface area is 101 Å². The van der Waals surface area contributed by atoms with Gasteiger partial charge in [-0.15, -0.1) is 0 Å². The molecule has 1 heterocycles. The molecule has 0 aliphatic heterocycles. The number of nitrogens with one attached hydrogen (secondary N) is 2. The van der Waals surface area contributed by atoms with Crippen molar-refractivity contribution in [1.29, 1.82) is 0 Å².